The molecule has 2 atom stereocenters. The van der Waals surface area contributed by atoms with Gasteiger partial charge in [0.25, 0.3) is 0 Å². The van der Waals surface area contributed by atoms with Crippen molar-refractivity contribution in [3.63, 3.8) is 0 Å². The Labute approximate surface area is 144 Å². The largest absolute Gasteiger partial charge is 0.355 e. The zero-order valence-electron chi connectivity index (χ0n) is 14.5. The van der Waals surface area contributed by atoms with E-state index in [-0.39, 0.29) is 17.7 Å². The van der Waals surface area contributed by atoms with Crippen LogP contribution in [0.1, 0.15) is 38.2 Å². The van der Waals surface area contributed by atoms with E-state index in [9.17, 15) is 9.59 Å². The normalized spacial score (nSPS) is 23.8. The molecule has 2 aliphatic rings. The molecule has 24 heavy (non-hydrogen) atoms. The highest BCUT2D eigenvalue weighted by Crippen LogP contribution is 2.37. The number of carbonyl (C=O) groups excluding carboxylic acids is 2. The lowest BCUT2D eigenvalue weighted by molar-refractivity contribution is -0.132. The topological polar surface area (TPSA) is 49.4 Å². The lowest BCUT2D eigenvalue weighted by atomic mass is 9.90. The number of benzene rings is 1. The number of carbonyl (C=O) groups is 2. The second-order valence-electron chi connectivity index (χ2n) is 7.37. The van der Waals surface area contributed by atoms with Crippen LogP contribution in [0.4, 0.5) is 0 Å². The van der Waals surface area contributed by atoms with Gasteiger partial charge in [0.2, 0.25) is 11.8 Å². The third-order valence-electron chi connectivity index (χ3n) is 5.42. The van der Waals surface area contributed by atoms with Crippen molar-refractivity contribution < 1.29 is 9.59 Å². The number of likely N-dealkylation sites (tertiary alicyclic amines) is 1. The van der Waals surface area contributed by atoms with E-state index >= 15 is 0 Å². The summed E-state index contributed by atoms with van der Waals surface area (Å²) in [6, 6.07) is 10.6. The fraction of sp³-hybridized carbons (Fsp3) is 0.600. The second kappa shape index (κ2) is 7.82. The van der Waals surface area contributed by atoms with E-state index in [2.05, 4.69) is 36.5 Å². The van der Waals surface area contributed by atoms with Gasteiger partial charge >= 0.3 is 0 Å². The average Bonchev–Trinajstić information content (AvgIpc) is 3.33. The Morgan fingerprint density at radius 1 is 1.17 bits per heavy atom. The molecule has 2 fully saturated rings. The van der Waals surface area contributed by atoms with Crippen molar-refractivity contribution in [1.29, 1.82) is 0 Å². The van der Waals surface area contributed by atoms with Gasteiger partial charge in [-0.2, -0.15) is 0 Å². The summed E-state index contributed by atoms with van der Waals surface area (Å²) >= 11 is 0. The molecule has 4 nitrogen and oxygen atoms in total. The molecule has 1 aromatic rings. The highest BCUT2D eigenvalue weighted by Gasteiger charge is 2.38. The van der Waals surface area contributed by atoms with Crippen molar-refractivity contribution in [1.82, 2.24) is 10.2 Å². The number of piperidine rings is 1. The van der Waals surface area contributed by atoms with E-state index < -0.39 is 0 Å². The maximum atomic E-state index is 12.3. The Morgan fingerprint density at radius 2 is 1.83 bits per heavy atom. The van der Waals surface area contributed by atoms with E-state index in [4.69, 9.17) is 0 Å². The van der Waals surface area contributed by atoms with E-state index in [0.717, 1.165) is 38.8 Å². The number of rotatable bonds is 6. The van der Waals surface area contributed by atoms with Crippen LogP contribution < -0.4 is 5.32 Å². The number of hydrogen-bond acceptors (Lipinski definition) is 2. The molecule has 0 radical (unpaired) electrons. The quantitative estimate of drug-likeness (QED) is 0.873. The zero-order chi connectivity index (χ0) is 16.9. The Morgan fingerprint density at radius 3 is 2.46 bits per heavy atom. The summed E-state index contributed by atoms with van der Waals surface area (Å²) in [6.07, 6.45) is 4.68. The lowest BCUT2D eigenvalue weighted by Gasteiger charge is -2.32. The summed E-state index contributed by atoms with van der Waals surface area (Å²) in [5.41, 5.74) is 1.39. The summed E-state index contributed by atoms with van der Waals surface area (Å²) in [5.74, 6) is 1.68. The van der Waals surface area contributed by atoms with E-state index in [0.29, 0.717) is 24.8 Å². The summed E-state index contributed by atoms with van der Waals surface area (Å²) < 4.78 is 0. The van der Waals surface area contributed by atoms with Gasteiger partial charge in [-0.3, -0.25) is 9.59 Å². The molecular formula is C20H28N2O2. The van der Waals surface area contributed by atoms with Gasteiger partial charge in [-0.15, -0.1) is 0 Å². The van der Waals surface area contributed by atoms with Gasteiger partial charge in [0.15, 0.2) is 0 Å². The maximum Gasteiger partial charge on any atom is 0.224 e. The van der Waals surface area contributed by atoms with Crippen molar-refractivity contribution in [2.75, 3.05) is 19.6 Å². The summed E-state index contributed by atoms with van der Waals surface area (Å²) in [7, 11) is 0. The number of nitrogens with one attached hydrogen (secondary N) is 1. The van der Waals surface area contributed by atoms with Crippen LogP contribution in [0.5, 0.6) is 0 Å². The molecule has 1 saturated heterocycles. The van der Waals surface area contributed by atoms with E-state index in [1.54, 1.807) is 0 Å². The van der Waals surface area contributed by atoms with Crippen molar-refractivity contribution in [3.8, 4) is 0 Å². The van der Waals surface area contributed by atoms with Crippen molar-refractivity contribution in [3.05, 3.63) is 35.9 Å². The molecule has 1 heterocycles. The van der Waals surface area contributed by atoms with Gasteiger partial charge in [-0.25, -0.2) is 0 Å². The minimum atomic E-state index is 0.122. The molecule has 0 aromatic heterocycles. The highest BCUT2D eigenvalue weighted by atomic mass is 16.2. The Balaban J connectivity index is 1.33. The van der Waals surface area contributed by atoms with E-state index in [1.165, 1.54) is 5.56 Å². The van der Waals surface area contributed by atoms with Crippen molar-refractivity contribution in [2.24, 2.45) is 17.8 Å². The first-order chi connectivity index (χ1) is 11.6. The molecule has 1 aromatic carbocycles. The summed E-state index contributed by atoms with van der Waals surface area (Å²) in [4.78, 5) is 26.0. The Bertz CT molecular complexity index is 564. The van der Waals surface area contributed by atoms with Crippen LogP contribution in [0.25, 0.3) is 0 Å². The standard InChI is InChI=1S/C20H28N2O2/c1-15-13-18(15)20(24)21-10-7-19(23)22-11-8-17(9-12-22)14-16-5-3-2-4-6-16/h2-6,15,17-18H,7-14H2,1H3,(H,21,24)/t15-,18+/m0/s1. The molecule has 1 aliphatic heterocycles. The SMILES string of the molecule is C[C@H]1C[C@H]1C(=O)NCCC(=O)N1CCC(Cc2ccccc2)CC1. The molecule has 2 amide bonds. The lowest BCUT2D eigenvalue weighted by Crippen LogP contribution is -2.40. The van der Waals surface area contributed by atoms with Crippen LogP contribution in [0, 0.1) is 17.8 Å². The molecule has 3 rings (SSSR count). The molecule has 1 saturated carbocycles. The van der Waals surface area contributed by atoms with Gasteiger partial charge in [-0.1, -0.05) is 37.3 Å². The van der Waals surface area contributed by atoms with Gasteiger partial charge in [0.1, 0.15) is 0 Å². The van der Waals surface area contributed by atoms with Gasteiger partial charge in [0.05, 0.1) is 0 Å². The van der Waals surface area contributed by atoms with Crippen LogP contribution in [-0.4, -0.2) is 36.3 Å². The molecule has 1 aliphatic carbocycles. The fourth-order valence-corrected chi connectivity index (χ4v) is 3.60. The number of amides is 2. The van der Waals surface area contributed by atoms with Crippen LogP contribution in [0.15, 0.2) is 30.3 Å². The van der Waals surface area contributed by atoms with Crippen LogP contribution >= 0.6 is 0 Å². The summed E-state index contributed by atoms with van der Waals surface area (Å²) in [5, 5.41) is 2.90. The molecule has 1 N–H and O–H groups in total. The molecule has 4 heteroatoms. The maximum absolute atomic E-state index is 12.3. The van der Waals surface area contributed by atoms with Crippen LogP contribution in [-0.2, 0) is 16.0 Å². The second-order valence-corrected chi connectivity index (χ2v) is 7.37. The molecule has 130 valence electrons. The molecular weight excluding hydrogens is 300 g/mol. The average molecular weight is 328 g/mol. The monoisotopic (exact) mass is 328 g/mol. The van der Waals surface area contributed by atoms with Crippen molar-refractivity contribution in [2.45, 2.75) is 39.0 Å². The van der Waals surface area contributed by atoms with Crippen molar-refractivity contribution >= 4 is 11.8 Å². The zero-order valence-corrected chi connectivity index (χ0v) is 14.5. The van der Waals surface area contributed by atoms with Gasteiger partial charge in [0, 0.05) is 32.0 Å². The minimum Gasteiger partial charge on any atom is -0.355 e. The predicted octanol–water partition coefficient (Wildman–Crippen LogP) is 2.63. The molecule has 0 bridgehead atoms. The first-order valence-corrected chi connectivity index (χ1v) is 9.23. The number of hydrogen-bond donors (Lipinski definition) is 1. The van der Waals surface area contributed by atoms with E-state index in [1.807, 2.05) is 11.0 Å². The molecule has 0 spiro atoms. The number of nitrogens with zero attached hydrogens (tertiary/aromatic N) is 1. The Kier molecular flexibility index (Phi) is 5.54. The first-order valence-electron chi connectivity index (χ1n) is 9.23. The van der Waals surface area contributed by atoms with Crippen LogP contribution in [0.3, 0.4) is 0 Å². The molecule has 0 unspecified atom stereocenters. The first kappa shape index (κ1) is 17.0. The smallest absolute Gasteiger partial charge is 0.224 e. The summed E-state index contributed by atoms with van der Waals surface area (Å²) in [6.45, 7) is 4.27. The highest BCUT2D eigenvalue weighted by molar-refractivity contribution is 5.82. The Hall–Kier alpha value is -1.84. The minimum absolute atomic E-state index is 0.122. The van der Waals surface area contributed by atoms with Gasteiger partial charge in [-0.05, 0) is 43.1 Å². The van der Waals surface area contributed by atoms with Gasteiger partial charge < -0.3 is 10.2 Å². The third kappa shape index (κ3) is 4.59. The van der Waals surface area contributed by atoms with Crippen LogP contribution in [0.2, 0.25) is 0 Å². The predicted molar refractivity (Wildman–Crippen MR) is 94.3 cm³/mol. The third-order valence-corrected chi connectivity index (χ3v) is 5.42. The fourth-order valence-electron chi connectivity index (χ4n) is 3.60.